The smallest absolute Gasteiger partial charge is 0.347 e. The fourth-order valence-corrected chi connectivity index (χ4v) is 2.08. The minimum atomic E-state index is -0.149. The number of nitrogens with zero attached hydrogens (tertiary/aromatic N) is 3. The second kappa shape index (κ2) is 6.61. The van der Waals surface area contributed by atoms with Gasteiger partial charge >= 0.3 is 5.69 Å². The lowest BCUT2D eigenvalue weighted by molar-refractivity contribution is 0.415. The number of benzene rings is 1. The Hall–Kier alpha value is -1.75. The van der Waals surface area contributed by atoms with Gasteiger partial charge in [-0.25, -0.2) is 9.48 Å². The zero-order valence-electron chi connectivity index (χ0n) is 11.3. The molecular formula is C14H14IN3O2. The van der Waals surface area contributed by atoms with Crippen molar-refractivity contribution in [2.45, 2.75) is 20.0 Å². The van der Waals surface area contributed by atoms with Crippen LogP contribution < -0.4 is 10.4 Å². The first kappa shape index (κ1) is 14.7. The highest BCUT2D eigenvalue weighted by molar-refractivity contribution is 14.1. The van der Waals surface area contributed by atoms with Crippen LogP contribution in [0.1, 0.15) is 6.92 Å². The van der Waals surface area contributed by atoms with Gasteiger partial charge in [-0.3, -0.25) is 4.57 Å². The van der Waals surface area contributed by atoms with Gasteiger partial charge in [-0.2, -0.15) is 0 Å². The van der Waals surface area contributed by atoms with Gasteiger partial charge in [0.25, 0.3) is 0 Å². The van der Waals surface area contributed by atoms with Gasteiger partial charge in [0.2, 0.25) is 0 Å². The van der Waals surface area contributed by atoms with Crippen molar-refractivity contribution in [3.63, 3.8) is 0 Å². The van der Waals surface area contributed by atoms with Crippen molar-refractivity contribution in [3.05, 3.63) is 34.7 Å². The summed E-state index contributed by atoms with van der Waals surface area (Å²) < 4.78 is 11.0. The van der Waals surface area contributed by atoms with Gasteiger partial charge in [-0.15, -0.1) is 5.10 Å². The van der Waals surface area contributed by atoms with E-state index in [4.69, 9.17) is 4.74 Å². The van der Waals surface area contributed by atoms with Gasteiger partial charge in [-0.1, -0.05) is 18.1 Å². The van der Waals surface area contributed by atoms with Crippen molar-refractivity contribution in [2.75, 3.05) is 7.11 Å². The molecule has 0 saturated heterocycles. The predicted octanol–water partition coefficient (Wildman–Crippen LogP) is 2.14. The molecule has 104 valence electrons. The quantitative estimate of drug-likeness (QED) is 0.601. The molecule has 1 aromatic carbocycles. The molecule has 0 amide bonds. The Morgan fingerprint density at radius 1 is 1.45 bits per heavy atom. The van der Waals surface area contributed by atoms with E-state index in [0.29, 0.717) is 18.9 Å². The van der Waals surface area contributed by atoms with Crippen LogP contribution in [0.2, 0.25) is 0 Å². The van der Waals surface area contributed by atoms with Gasteiger partial charge in [0, 0.05) is 34.7 Å². The Morgan fingerprint density at radius 3 is 2.90 bits per heavy atom. The monoisotopic (exact) mass is 383 g/mol. The van der Waals surface area contributed by atoms with Gasteiger partial charge in [0.05, 0.1) is 7.11 Å². The lowest BCUT2D eigenvalue weighted by Gasteiger charge is -2.04. The molecule has 5 nitrogen and oxygen atoms in total. The van der Waals surface area contributed by atoms with Crippen LogP contribution in [0.15, 0.2) is 29.1 Å². The molecule has 0 N–H and O–H groups in total. The zero-order valence-corrected chi connectivity index (χ0v) is 13.4. The van der Waals surface area contributed by atoms with E-state index in [9.17, 15) is 4.79 Å². The summed E-state index contributed by atoms with van der Waals surface area (Å²) in [5, 5.41) is 4.37. The average molecular weight is 383 g/mol. The molecule has 1 heterocycles. The number of methoxy groups -OCH3 is 1. The molecule has 2 aromatic rings. The van der Waals surface area contributed by atoms with E-state index < -0.39 is 0 Å². The van der Waals surface area contributed by atoms with Crippen molar-refractivity contribution in [2.24, 2.45) is 0 Å². The Bertz CT molecular complexity index is 722. The van der Waals surface area contributed by atoms with Gasteiger partial charge < -0.3 is 4.74 Å². The molecule has 20 heavy (non-hydrogen) atoms. The molecule has 1 aromatic heterocycles. The summed E-state index contributed by atoms with van der Waals surface area (Å²) >= 11 is 1.94. The van der Waals surface area contributed by atoms with Crippen LogP contribution in [-0.4, -0.2) is 21.5 Å². The summed E-state index contributed by atoms with van der Waals surface area (Å²) in [6.45, 7) is 2.77. The summed E-state index contributed by atoms with van der Waals surface area (Å²) in [6, 6.07) is 7.51. The third-order valence-electron chi connectivity index (χ3n) is 2.86. The minimum Gasteiger partial charge on any atom is -0.497 e. The van der Waals surface area contributed by atoms with Crippen LogP contribution in [0, 0.1) is 9.85 Å². The van der Waals surface area contributed by atoms with Gasteiger partial charge in [0.1, 0.15) is 12.3 Å². The maximum Gasteiger partial charge on any atom is 0.347 e. The third-order valence-corrected chi connectivity index (χ3v) is 3.24. The first-order valence-electron chi connectivity index (χ1n) is 6.11. The van der Waals surface area contributed by atoms with Crippen molar-refractivity contribution in [1.29, 1.82) is 0 Å². The van der Waals surface area contributed by atoms with E-state index >= 15 is 0 Å². The van der Waals surface area contributed by atoms with Gasteiger partial charge in [0.15, 0.2) is 5.82 Å². The summed E-state index contributed by atoms with van der Waals surface area (Å²) in [4.78, 5) is 12.2. The van der Waals surface area contributed by atoms with E-state index in [1.807, 2.05) is 53.8 Å². The van der Waals surface area contributed by atoms with Crippen LogP contribution >= 0.6 is 22.6 Å². The molecule has 0 bridgehead atoms. The maximum absolute atomic E-state index is 12.2. The van der Waals surface area contributed by atoms with E-state index in [1.165, 1.54) is 4.68 Å². The largest absolute Gasteiger partial charge is 0.497 e. The fraction of sp³-hybridized carbons (Fsp3) is 0.286. The van der Waals surface area contributed by atoms with Crippen LogP contribution in [0.4, 0.5) is 0 Å². The molecule has 6 heteroatoms. The predicted molar refractivity (Wildman–Crippen MR) is 85.9 cm³/mol. The van der Waals surface area contributed by atoms with Crippen molar-refractivity contribution in [1.82, 2.24) is 14.3 Å². The number of hydrogen-bond acceptors (Lipinski definition) is 3. The van der Waals surface area contributed by atoms with Crippen LogP contribution in [0.5, 0.6) is 5.75 Å². The van der Waals surface area contributed by atoms with Crippen LogP contribution in [0.25, 0.3) is 11.4 Å². The molecule has 0 aliphatic rings. The highest BCUT2D eigenvalue weighted by Gasteiger charge is 2.13. The molecule has 0 atom stereocenters. The number of halogens is 1. The molecule has 0 radical (unpaired) electrons. The molecule has 0 unspecified atom stereocenters. The van der Waals surface area contributed by atoms with Crippen LogP contribution in [-0.2, 0) is 13.1 Å². The van der Waals surface area contributed by atoms with Crippen molar-refractivity contribution >= 4 is 22.6 Å². The second-order valence-corrected chi connectivity index (χ2v) is 4.55. The molecule has 0 saturated carbocycles. The Morgan fingerprint density at radius 2 is 2.25 bits per heavy atom. The second-order valence-electron chi connectivity index (χ2n) is 4.01. The summed E-state index contributed by atoms with van der Waals surface area (Å²) in [7, 11) is 1.61. The summed E-state index contributed by atoms with van der Waals surface area (Å²) in [6.07, 6.45) is 0. The molecular weight excluding hydrogens is 369 g/mol. The number of hydrogen-bond donors (Lipinski definition) is 0. The Balaban J connectivity index is 2.54. The molecule has 0 fully saturated rings. The highest BCUT2D eigenvalue weighted by atomic mass is 127. The fourth-order valence-electron chi connectivity index (χ4n) is 1.91. The Kier molecular flexibility index (Phi) is 4.84. The first-order valence-corrected chi connectivity index (χ1v) is 7.19. The molecule has 0 spiro atoms. The Labute approximate surface area is 130 Å². The van der Waals surface area contributed by atoms with E-state index in [0.717, 1.165) is 11.3 Å². The number of aromatic nitrogens is 3. The van der Waals surface area contributed by atoms with Crippen molar-refractivity contribution in [3.8, 4) is 27.0 Å². The topological polar surface area (TPSA) is 49.0 Å². The number of ether oxygens (including phenoxy) is 1. The zero-order chi connectivity index (χ0) is 14.5. The van der Waals surface area contributed by atoms with E-state index in [-0.39, 0.29) is 5.69 Å². The van der Waals surface area contributed by atoms with E-state index in [2.05, 4.69) is 14.9 Å². The maximum atomic E-state index is 12.2. The number of rotatable bonds is 4. The standard InChI is InChI=1S/C14H14IN3O2/c1-3-17-13(11-6-4-7-12(10-11)20-2)16-18(14(17)19)9-5-8-15/h4,6-7,10H,3,9H2,1-2H3. The highest BCUT2D eigenvalue weighted by Crippen LogP contribution is 2.21. The SMILES string of the molecule is CCn1c(-c2cccc(OC)c2)nn(CC#CI)c1=O. The van der Waals surface area contributed by atoms with Crippen LogP contribution in [0.3, 0.4) is 0 Å². The minimum absolute atomic E-state index is 0.149. The normalized spacial score (nSPS) is 9.95. The lowest BCUT2D eigenvalue weighted by atomic mass is 10.2. The van der Waals surface area contributed by atoms with E-state index in [1.54, 1.807) is 11.7 Å². The molecule has 2 rings (SSSR count). The lowest BCUT2D eigenvalue weighted by Crippen LogP contribution is -2.24. The van der Waals surface area contributed by atoms with Crippen molar-refractivity contribution < 1.29 is 4.74 Å². The molecule has 0 aliphatic carbocycles. The first-order chi connectivity index (χ1) is 9.71. The average Bonchev–Trinajstić information content (AvgIpc) is 2.81. The summed E-state index contributed by atoms with van der Waals surface area (Å²) in [5.41, 5.74) is 0.703. The third kappa shape index (κ3) is 2.88. The molecule has 0 aliphatic heterocycles. The summed E-state index contributed by atoms with van der Waals surface area (Å²) in [5.74, 6) is 4.21. The van der Waals surface area contributed by atoms with Gasteiger partial charge in [-0.05, 0) is 23.0 Å².